The molecule has 2 N–H and O–H groups in total. The van der Waals surface area contributed by atoms with Crippen molar-refractivity contribution >= 4 is 21.8 Å². The number of aromatic amines is 1. The van der Waals surface area contributed by atoms with Crippen molar-refractivity contribution in [2.24, 2.45) is 0 Å². The Morgan fingerprint density at radius 3 is 2.83 bits per heavy atom. The topological polar surface area (TPSA) is 70.7 Å². The van der Waals surface area contributed by atoms with Crippen LogP contribution < -0.4 is 5.32 Å². The SMILES string of the molecule is Cc1cc(Br)ccc1-c1nccc(-c2cc3c([nH]2)CCNC3=O)n1. The summed E-state index contributed by atoms with van der Waals surface area (Å²) in [6.07, 6.45) is 2.56. The first-order valence-electron chi connectivity index (χ1n) is 7.72. The molecule has 24 heavy (non-hydrogen) atoms. The number of benzene rings is 1. The molecule has 0 bridgehead atoms. The summed E-state index contributed by atoms with van der Waals surface area (Å²) in [5.41, 5.74) is 5.39. The van der Waals surface area contributed by atoms with Gasteiger partial charge in [0, 0.05) is 34.9 Å². The molecule has 120 valence electrons. The minimum absolute atomic E-state index is 0.0308. The van der Waals surface area contributed by atoms with Crippen LogP contribution in [0.1, 0.15) is 21.6 Å². The van der Waals surface area contributed by atoms with Crippen LogP contribution in [0.5, 0.6) is 0 Å². The van der Waals surface area contributed by atoms with Gasteiger partial charge in [0.05, 0.1) is 17.0 Å². The predicted octanol–water partition coefficient (Wildman–Crippen LogP) is 3.50. The molecule has 1 aromatic carbocycles. The Morgan fingerprint density at radius 2 is 2.04 bits per heavy atom. The Bertz CT molecular complexity index is 948. The van der Waals surface area contributed by atoms with Crippen molar-refractivity contribution in [3.05, 3.63) is 57.8 Å². The molecule has 0 spiro atoms. The molecule has 1 aliphatic heterocycles. The number of carbonyl (C=O) groups is 1. The molecule has 6 heteroatoms. The molecule has 5 nitrogen and oxygen atoms in total. The van der Waals surface area contributed by atoms with E-state index in [2.05, 4.69) is 36.2 Å². The lowest BCUT2D eigenvalue weighted by Gasteiger charge is -2.10. The van der Waals surface area contributed by atoms with E-state index in [0.29, 0.717) is 17.9 Å². The van der Waals surface area contributed by atoms with E-state index >= 15 is 0 Å². The van der Waals surface area contributed by atoms with Crippen LogP contribution in [0.4, 0.5) is 0 Å². The average Bonchev–Trinajstić information content (AvgIpc) is 3.01. The molecular weight excluding hydrogens is 368 g/mol. The largest absolute Gasteiger partial charge is 0.356 e. The maximum Gasteiger partial charge on any atom is 0.253 e. The van der Waals surface area contributed by atoms with Crippen LogP contribution in [-0.2, 0) is 6.42 Å². The Hall–Kier alpha value is -2.47. The lowest BCUT2D eigenvalue weighted by molar-refractivity contribution is 0.0946. The van der Waals surface area contributed by atoms with Gasteiger partial charge in [-0.05, 0) is 42.8 Å². The minimum atomic E-state index is -0.0308. The molecule has 0 saturated heterocycles. The highest BCUT2D eigenvalue weighted by atomic mass is 79.9. The van der Waals surface area contributed by atoms with Crippen molar-refractivity contribution in [1.29, 1.82) is 0 Å². The fraction of sp³-hybridized carbons (Fsp3) is 0.167. The van der Waals surface area contributed by atoms with Crippen LogP contribution in [0.25, 0.3) is 22.8 Å². The van der Waals surface area contributed by atoms with Gasteiger partial charge in [0.15, 0.2) is 5.82 Å². The summed E-state index contributed by atoms with van der Waals surface area (Å²) in [5, 5.41) is 2.86. The molecule has 0 fully saturated rings. The lowest BCUT2D eigenvalue weighted by Crippen LogP contribution is -2.31. The number of carbonyl (C=O) groups excluding carboxylic acids is 1. The quantitative estimate of drug-likeness (QED) is 0.712. The number of rotatable bonds is 2. The number of halogens is 1. The number of hydrogen-bond donors (Lipinski definition) is 2. The van der Waals surface area contributed by atoms with Crippen molar-refractivity contribution in [2.75, 3.05) is 6.54 Å². The molecule has 4 rings (SSSR count). The number of nitrogens with zero attached hydrogens (tertiary/aromatic N) is 2. The van der Waals surface area contributed by atoms with E-state index in [9.17, 15) is 4.79 Å². The molecular formula is C18H15BrN4O. The van der Waals surface area contributed by atoms with Crippen molar-refractivity contribution in [3.8, 4) is 22.8 Å². The Labute approximate surface area is 147 Å². The molecule has 0 unspecified atom stereocenters. The number of fused-ring (bicyclic) bond motifs is 1. The minimum Gasteiger partial charge on any atom is -0.356 e. The molecule has 0 atom stereocenters. The number of amides is 1. The third kappa shape index (κ3) is 2.63. The number of aryl methyl sites for hydroxylation is 1. The first-order chi connectivity index (χ1) is 11.6. The molecule has 2 aromatic heterocycles. The fourth-order valence-electron chi connectivity index (χ4n) is 2.95. The first-order valence-corrected chi connectivity index (χ1v) is 8.51. The summed E-state index contributed by atoms with van der Waals surface area (Å²) < 4.78 is 1.03. The Kier molecular flexibility index (Phi) is 3.69. The highest BCUT2D eigenvalue weighted by Crippen LogP contribution is 2.27. The number of nitrogens with one attached hydrogen (secondary N) is 2. The zero-order chi connectivity index (χ0) is 16.7. The van der Waals surface area contributed by atoms with Crippen molar-refractivity contribution < 1.29 is 4.79 Å². The summed E-state index contributed by atoms with van der Waals surface area (Å²) in [5.74, 6) is 0.645. The highest BCUT2D eigenvalue weighted by Gasteiger charge is 2.20. The van der Waals surface area contributed by atoms with E-state index in [1.165, 1.54) is 0 Å². The summed E-state index contributed by atoms with van der Waals surface area (Å²) in [7, 11) is 0. The van der Waals surface area contributed by atoms with Crippen LogP contribution in [0.3, 0.4) is 0 Å². The standard InChI is InChI=1S/C18H15BrN4O/c1-10-8-11(19)2-3-12(10)17-20-6-5-15(23-17)16-9-13-14(22-16)4-7-21-18(13)24/h2-3,5-6,8-9,22H,4,7H2,1H3,(H,21,24). The second kappa shape index (κ2) is 5.87. The van der Waals surface area contributed by atoms with Crippen LogP contribution >= 0.6 is 15.9 Å². The summed E-state index contributed by atoms with van der Waals surface area (Å²) >= 11 is 3.47. The maximum atomic E-state index is 11.9. The van der Waals surface area contributed by atoms with Gasteiger partial charge in [-0.3, -0.25) is 4.79 Å². The molecule has 3 heterocycles. The van der Waals surface area contributed by atoms with Gasteiger partial charge in [-0.25, -0.2) is 9.97 Å². The van der Waals surface area contributed by atoms with Gasteiger partial charge in [0.1, 0.15) is 0 Å². The smallest absolute Gasteiger partial charge is 0.253 e. The van der Waals surface area contributed by atoms with Crippen LogP contribution in [0.2, 0.25) is 0 Å². The number of H-pyrrole nitrogens is 1. The van der Waals surface area contributed by atoms with E-state index in [4.69, 9.17) is 0 Å². The third-order valence-corrected chi connectivity index (χ3v) is 4.66. The van der Waals surface area contributed by atoms with E-state index in [-0.39, 0.29) is 5.91 Å². The second-order valence-corrected chi connectivity index (χ2v) is 6.72. The monoisotopic (exact) mass is 382 g/mol. The summed E-state index contributed by atoms with van der Waals surface area (Å²) in [6, 6.07) is 9.75. The second-order valence-electron chi connectivity index (χ2n) is 5.81. The molecule has 0 radical (unpaired) electrons. The van der Waals surface area contributed by atoms with Gasteiger partial charge in [-0.15, -0.1) is 0 Å². The summed E-state index contributed by atoms with van der Waals surface area (Å²) in [6.45, 7) is 2.70. The first kappa shape index (κ1) is 15.1. The van der Waals surface area contributed by atoms with E-state index < -0.39 is 0 Å². The van der Waals surface area contributed by atoms with Crippen molar-refractivity contribution in [2.45, 2.75) is 13.3 Å². The Morgan fingerprint density at radius 1 is 1.17 bits per heavy atom. The lowest BCUT2D eigenvalue weighted by atomic mass is 10.1. The van der Waals surface area contributed by atoms with Crippen LogP contribution in [0.15, 0.2) is 41.0 Å². The predicted molar refractivity (Wildman–Crippen MR) is 95.7 cm³/mol. The van der Waals surface area contributed by atoms with Gasteiger partial charge >= 0.3 is 0 Å². The summed E-state index contributed by atoms with van der Waals surface area (Å²) in [4.78, 5) is 24.3. The zero-order valence-electron chi connectivity index (χ0n) is 13.1. The van der Waals surface area contributed by atoms with E-state index in [0.717, 1.165) is 39.1 Å². The molecule has 1 amide bonds. The van der Waals surface area contributed by atoms with E-state index in [1.54, 1.807) is 6.20 Å². The molecule has 0 aliphatic carbocycles. The zero-order valence-corrected chi connectivity index (χ0v) is 14.6. The van der Waals surface area contributed by atoms with Gasteiger partial charge in [0.2, 0.25) is 0 Å². The fourth-order valence-corrected chi connectivity index (χ4v) is 3.42. The normalized spacial score (nSPS) is 13.5. The Balaban J connectivity index is 1.77. The number of hydrogen-bond acceptors (Lipinski definition) is 3. The van der Waals surface area contributed by atoms with Gasteiger partial charge in [-0.1, -0.05) is 15.9 Å². The number of aromatic nitrogens is 3. The van der Waals surface area contributed by atoms with E-state index in [1.807, 2.05) is 37.3 Å². The van der Waals surface area contributed by atoms with Gasteiger partial charge in [0.25, 0.3) is 5.91 Å². The maximum absolute atomic E-state index is 11.9. The molecule has 1 aliphatic rings. The average molecular weight is 383 g/mol. The molecule has 3 aromatic rings. The molecule has 0 saturated carbocycles. The van der Waals surface area contributed by atoms with Gasteiger partial charge < -0.3 is 10.3 Å². The van der Waals surface area contributed by atoms with Crippen LogP contribution in [-0.4, -0.2) is 27.4 Å². The van der Waals surface area contributed by atoms with Crippen molar-refractivity contribution in [3.63, 3.8) is 0 Å². The van der Waals surface area contributed by atoms with Crippen molar-refractivity contribution in [1.82, 2.24) is 20.3 Å². The third-order valence-electron chi connectivity index (χ3n) is 4.17. The van der Waals surface area contributed by atoms with Crippen LogP contribution in [0, 0.1) is 6.92 Å². The van der Waals surface area contributed by atoms with Gasteiger partial charge in [-0.2, -0.15) is 0 Å². The highest BCUT2D eigenvalue weighted by molar-refractivity contribution is 9.10.